The molecule has 0 unspecified atom stereocenters. The third-order valence-electron chi connectivity index (χ3n) is 4.35. The van der Waals surface area contributed by atoms with E-state index in [1.54, 1.807) is 30.0 Å². The van der Waals surface area contributed by atoms with Crippen molar-refractivity contribution in [1.82, 2.24) is 4.90 Å². The lowest BCUT2D eigenvalue weighted by Gasteiger charge is -2.16. The van der Waals surface area contributed by atoms with Crippen molar-refractivity contribution in [3.63, 3.8) is 0 Å². The lowest BCUT2D eigenvalue weighted by molar-refractivity contribution is -0.136. The number of rotatable bonds is 7. The Hall–Kier alpha value is -2.96. The highest BCUT2D eigenvalue weighted by molar-refractivity contribution is 6.16. The number of carbonyl (C=O) groups is 2. The molecule has 146 valence electrons. The Labute approximate surface area is 159 Å². The third kappa shape index (κ3) is 3.77. The first-order chi connectivity index (χ1) is 12.9. The Morgan fingerprint density at radius 2 is 1.67 bits per heavy atom. The van der Waals surface area contributed by atoms with Gasteiger partial charge < -0.3 is 23.8 Å². The van der Waals surface area contributed by atoms with E-state index in [9.17, 15) is 9.59 Å². The minimum absolute atomic E-state index is 0.233. The number of amides is 1. The van der Waals surface area contributed by atoms with Crippen LogP contribution in [0.25, 0.3) is 6.08 Å². The fraction of sp³-hybridized carbons (Fsp3) is 0.400. The van der Waals surface area contributed by atoms with Crippen molar-refractivity contribution in [3.8, 4) is 17.2 Å². The van der Waals surface area contributed by atoms with Crippen molar-refractivity contribution in [2.24, 2.45) is 0 Å². The maximum absolute atomic E-state index is 12.9. The quantitative estimate of drug-likeness (QED) is 0.539. The van der Waals surface area contributed by atoms with Gasteiger partial charge in [-0.15, -0.1) is 0 Å². The topological polar surface area (TPSA) is 74.3 Å². The Balaban J connectivity index is 2.62. The van der Waals surface area contributed by atoms with Crippen LogP contribution in [0.3, 0.4) is 0 Å². The second-order valence-corrected chi connectivity index (χ2v) is 5.93. The highest BCUT2D eigenvalue weighted by Crippen LogP contribution is 2.40. The van der Waals surface area contributed by atoms with Crippen LogP contribution in [0.4, 0.5) is 0 Å². The average Bonchev–Trinajstić information content (AvgIpc) is 2.91. The molecule has 1 heterocycles. The highest BCUT2D eigenvalue weighted by atomic mass is 16.5. The van der Waals surface area contributed by atoms with E-state index >= 15 is 0 Å². The summed E-state index contributed by atoms with van der Waals surface area (Å²) in [4.78, 5) is 26.8. The summed E-state index contributed by atoms with van der Waals surface area (Å²) in [6, 6.07) is 3.43. The van der Waals surface area contributed by atoms with Crippen molar-refractivity contribution in [2.75, 3.05) is 35.0 Å². The van der Waals surface area contributed by atoms with Crippen LogP contribution in [0.2, 0.25) is 0 Å². The zero-order valence-corrected chi connectivity index (χ0v) is 16.5. The van der Waals surface area contributed by atoms with Crippen LogP contribution < -0.4 is 14.2 Å². The summed E-state index contributed by atoms with van der Waals surface area (Å²) >= 11 is 0. The highest BCUT2D eigenvalue weighted by Gasteiger charge is 2.36. The summed E-state index contributed by atoms with van der Waals surface area (Å²) in [6.45, 7) is 4.24. The van der Waals surface area contributed by atoms with Gasteiger partial charge in [-0.1, -0.05) is 6.92 Å². The SMILES string of the molecule is CCCN1C(=O)/C(=C\c2cc(OC)c(OC)c(OC)c2)C(C(=O)OC)=C1C. The molecule has 1 aromatic rings. The summed E-state index contributed by atoms with van der Waals surface area (Å²) in [5, 5.41) is 0. The molecule has 0 radical (unpaired) electrons. The molecule has 1 aromatic carbocycles. The Morgan fingerprint density at radius 3 is 2.11 bits per heavy atom. The second-order valence-electron chi connectivity index (χ2n) is 5.93. The monoisotopic (exact) mass is 375 g/mol. The Kier molecular flexibility index (Phi) is 6.50. The predicted molar refractivity (Wildman–Crippen MR) is 101 cm³/mol. The van der Waals surface area contributed by atoms with E-state index in [1.807, 2.05) is 6.92 Å². The fourth-order valence-corrected chi connectivity index (χ4v) is 3.07. The zero-order chi connectivity index (χ0) is 20.1. The van der Waals surface area contributed by atoms with E-state index in [1.165, 1.54) is 28.4 Å². The first kappa shape index (κ1) is 20.4. The van der Waals surface area contributed by atoms with E-state index in [4.69, 9.17) is 18.9 Å². The van der Waals surface area contributed by atoms with Gasteiger partial charge in [0.05, 0.1) is 39.6 Å². The van der Waals surface area contributed by atoms with E-state index in [2.05, 4.69) is 0 Å². The molecule has 1 aliphatic heterocycles. The number of esters is 1. The largest absolute Gasteiger partial charge is 0.493 e. The van der Waals surface area contributed by atoms with Crippen molar-refractivity contribution in [1.29, 1.82) is 0 Å². The van der Waals surface area contributed by atoms with Crippen molar-refractivity contribution in [3.05, 3.63) is 34.5 Å². The van der Waals surface area contributed by atoms with Gasteiger partial charge in [0.2, 0.25) is 5.75 Å². The molecular formula is C20H25NO6. The van der Waals surface area contributed by atoms with Crippen LogP contribution in [0.1, 0.15) is 25.8 Å². The van der Waals surface area contributed by atoms with Crippen LogP contribution in [0.5, 0.6) is 17.2 Å². The molecule has 0 N–H and O–H groups in total. The van der Waals surface area contributed by atoms with Gasteiger partial charge in [-0.05, 0) is 37.1 Å². The number of allylic oxidation sites excluding steroid dienone is 1. The lowest BCUT2D eigenvalue weighted by atomic mass is 10.0. The first-order valence-electron chi connectivity index (χ1n) is 8.56. The molecule has 0 bridgehead atoms. The molecule has 2 rings (SSSR count). The third-order valence-corrected chi connectivity index (χ3v) is 4.35. The summed E-state index contributed by atoms with van der Waals surface area (Å²) < 4.78 is 20.9. The molecule has 0 aromatic heterocycles. The first-order valence-corrected chi connectivity index (χ1v) is 8.56. The molecule has 0 saturated heterocycles. The number of nitrogens with zero attached hydrogens (tertiary/aromatic N) is 1. The van der Waals surface area contributed by atoms with Crippen molar-refractivity contribution >= 4 is 18.0 Å². The molecule has 7 heteroatoms. The molecule has 7 nitrogen and oxygen atoms in total. The van der Waals surface area contributed by atoms with Crippen LogP contribution in [-0.4, -0.2) is 51.8 Å². The summed E-state index contributed by atoms with van der Waals surface area (Å²) in [7, 11) is 5.85. The van der Waals surface area contributed by atoms with Gasteiger partial charge in [0.1, 0.15) is 0 Å². The standard InChI is InChI=1S/C20H25NO6/c1-7-8-21-12(2)17(20(23)27-6)14(19(21)22)9-13-10-15(24-3)18(26-5)16(11-13)25-4/h9-11H,7-8H2,1-6H3/b14-9-. The number of benzene rings is 1. The van der Waals surface area contributed by atoms with E-state index in [0.717, 1.165) is 6.42 Å². The molecular weight excluding hydrogens is 350 g/mol. The second kappa shape index (κ2) is 8.62. The van der Waals surface area contributed by atoms with Gasteiger partial charge >= 0.3 is 5.97 Å². The van der Waals surface area contributed by atoms with E-state index < -0.39 is 5.97 Å². The van der Waals surface area contributed by atoms with Gasteiger partial charge in [-0.2, -0.15) is 0 Å². The molecule has 27 heavy (non-hydrogen) atoms. The number of hydrogen-bond donors (Lipinski definition) is 0. The molecule has 0 aliphatic carbocycles. The average molecular weight is 375 g/mol. The Bertz CT molecular complexity index is 784. The maximum atomic E-state index is 12.9. The van der Waals surface area contributed by atoms with Crippen molar-refractivity contribution in [2.45, 2.75) is 20.3 Å². The van der Waals surface area contributed by atoms with E-state index in [0.29, 0.717) is 35.1 Å². The van der Waals surface area contributed by atoms with Gasteiger partial charge in [0.15, 0.2) is 11.5 Å². The molecule has 0 spiro atoms. The normalized spacial score (nSPS) is 15.4. The maximum Gasteiger partial charge on any atom is 0.340 e. The van der Waals surface area contributed by atoms with Crippen LogP contribution in [0, 0.1) is 0 Å². The smallest absolute Gasteiger partial charge is 0.340 e. The molecule has 0 saturated carbocycles. The van der Waals surface area contributed by atoms with Crippen LogP contribution in [0.15, 0.2) is 29.0 Å². The molecule has 0 atom stereocenters. The van der Waals surface area contributed by atoms with Gasteiger partial charge in [-0.3, -0.25) is 4.79 Å². The van der Waals surface area contributed by atoms with Crippen LogP contribution in [-0.2, 0) is 14.3 Å². The minimum Gasteiger partial charge on any atom is -0.493 e. The minimum atomic E-state index is -0.543. The number of carbonyl (C=O) groups excluding carboxylic acids is 2. The molecule has 0 fully saturated rings. The summed E-state index contributed by atoms with van der Waals surface area (Å²) in [5.41, 5.74) is 1.78. The van der Waals surface area contributed by atoms with Gasteiger partial charge in [0, 0.05) is 12.2 Å². The van der Waals surface area contributed by atoms with E-state index in [-0.39, 0.29) is 17.1 Å². The number of ether oxygens (including phenoxy) is 4. The summed E-state index contributed by atoms with van der Waals surface area (Å²) in [6.07, 6.45) is 2.41. The Morgan fingerprint density at radius 1 is 1.07 bits per heavy atom. The lowest BCUT2D eigenvalue weighted by Crippen LogP contribution is -2.25. The van der Waals surface area contributed by atoms with Crippen LogP contribution >= 0.6 is 0 Å². The molecule has 1 amide bonds. The van der Waals surface area contributed by atoms with Crippen molar-refractivity contribution < 1.29 is 28.5 Å². The molecule has 1 aliphatic rings. The number of hydrogen-bond acceptors (Lipinski definition) is 6. The fourth-order valence-electron chi connectivity index (χ4n) is 3.07. The summed E-state index contributed by atoms with van der Waals surface area (Å²) in [5.74, 6) is 0.592. The van der Waals surface area contributed by atoms with Gasteiger partial charge in [0.25, 0.3) is 5.91 Å². The predicted octanol–water partition coefficient (Wildman–Crippen LogP) is 2.80. The zero-order valence-electron chi connectivity index (χ0n) is 16.5. The van der Waals surface area contributed by atoms with Gasteiger partial charge in [-0.25, -0.2) is 4.79 Å². The number of methoxy groups -OCH3 is 4.